The number of rotatable bonds is 12. The molecule has 8 N–H and O–H groups in total. The number of ether oxygens (including phenoxy) is 5. The lowest BCUT2D eigenvalue weighted by Gasteiger charge is -2.39. The van der Waals surface area contributed by atoms with Crippen LogP contribution in [0.5, 0.6) is 0 Å². The Kier molecular flexibility index (Phi) is 26.2. The quantitative estimate of drug-likeness (QED) is 0.0761. The molecule has 3 aliphatic carbocycles. The van der Waals surface area contributed by atoms with E-state index in [0.717, 1.165) is 172 Å². The molecule has 3 amide bonds. The van der Waals surface area contributed by atoms with Crippen LogP contribution in [-0.2, 0) is 38.1 Å². The summed E-state index contributed by atoms with van der Waals surface area (Å²) < 4.78 is 139. The van der Waals surface area contributed by atoms with Gasteiger partial charge < -0.3 is 61.3 Å². The summed E-state index contributed by atoms with van der Waals surface area (Å²) in [6.07, 6.45) is 11.7. The van der Waals surface area contributed by atoms with Crippen LogP contribution < -0.4 is 22.9 Å². The van der Waals surface area contributed by atoms with Crippen molar-refractivity contribution >= 4 is 23.7 Å². The van der Waals surface area contributed by atoms with Gasteiger partial charge in [0, 0.05) is 186 Å². The van der Waals surface area contributed by atoms with Crippen LogP contribution in [-0.4, -0.2) is 231 Å². The van der Waals surface area contributed by atoms with E-state index in [1.54, 1.807) is 4.90 Å². The van der Waals surface area contributed by atoms with Crippen LogP contribution in [0.4, 0.5) is 39.9 Å². The van der Waals surface area contributed by atoms with Crippen molar-refractivity contribution in [2.45, 2.75) is 183 Å². The molecule has 4 aromatic rings. The van der Waals surface area contributed by atoms with Gasteiger partial charge in [-0.05, 0) is 170 Å². The van der Waals surface area contributed by atoms with Gasteiger partial charge in [-0.3, -0.25) is 34.0 Å². The molecule has 14 aliphatic rings. The normalized spacial score (nSPS) is 29.6. The zero-order valence-corrected chi connectivity index (χ0v) is 66.6. The van der Waals surface area contributed by atoms with E-state index < -0.39 is 89.1 Å². The lowest BCUT2D eigenvalue weighted by atomic mass is 9.88. The number of carbonyl (C=O) groups excluding carboxylic acids is 4. The number of hydrogen-bond acceptors (Lipinski definition) is 17. The Morgan fingerprint density at radius 2 is 0.621 bits per heavy atom. The van der Waals surface area contributed by atoms with Crippen LogP contribution in [0.25, 0.3) is 0 Å². The van der Waals surface area contributed by atoms with Gasteiger partial charge in [0.05, 0.1) is 33.5 Å². The Morgan fingerprint density at radius 3 is 0.879 bits per heavy atom. The van der Waals surface area contributed by atoms with Gasteiger partial charge in [0.2, 0.25) is 11.8 Å². The SMILES string of the molecule is CC(C)C(=O)C1CC2=C(C1)CN([C@H]1CO[C@H](c3cc(F)ccc3F)[C@@H](N)C1)C2.COC(=O)N1CC2=C(C1)CN([C@H]1CO[C@H](c3cc(F)ccc3F)[C@@H](N)C1)C2.N[C@H]1C[C@@H](N2CC3=C(CN(C(=O)C4CCCC4)C3)C2)CO[C@@H]1c1cc(F)ccc1F.N[C@H]1C[C@@H](N2CC3=C(CN(C(=O)C4CCCCC4)C3)C2)CO[C@@H]1c1cc(F)ccc1F. The molecule has 20 nitrogen and oxygen atoms in total. The highest BCUT2D eigenvalue weighted by molar-refractivity contribution is 5.84. The molecule has 2 saturated carbocycles. The first kappa shape index (κ1) is 83.7. The highest BCUT2D eigenvalue weighted by Gasteiger charge is 2.46. The maximum absolute atomic E-state index is 14.2. The number of amides is 3. The number of halogens is 8. The minimum atomic E-state index is -0.644. The lowest BCUT2D eigenvalue weighted by molar-refractivity contribution is -0.135. The molecule has 0 radical (unpaired) electrons. The third-order valence-corrected chi connectivity index (χ3v) is 26.8. The van der Waals surface area contributed by atoms with Crippen molar-refractivity contribution in [3.63, 3.8) is 0 Å². The molecule has 0 bridgehead atoms. The van der Waals surface area contributed by atoms with Crippen LogP contribution in [0.15, 0.2) is 117 Å². The monoisotopic (exact) mass is 1620 g/mol. The topological polar surface area (TPSA) is 241 Å². The van der Waals surface area contributed by atoms with E-state index in [0.29, 0.717) is 82.8 Å². The zero-order valence-electron chi connectivity index (χ0n) is 66.6. The number of hydrogen-bond donors (Lipinski definition) is 4. The van der Waals surface area contributed by atoms with E-state index >= 15 is 0 Å². The molecule has 0 spiro atoms. The standard InChI is InChI=1S/C24H31F2N3O2.C23H29F2N3O2.C22H28F2N2O2.C19H23F2N3O3/c25-18-6-7-21(26)20(8-18)23-22(27)9-19(14-31-23)28-10-16-12-29(13-17(16)11-28)24(30)15-4-2-1-3-5-15;24-17-5-6-20(25)19(7-17)22-21(26)8-18(13-30-22)27-9-15-11-28(12-16(15)10-27)23(29)14-3-1-2-4-14;1-12(2)21(27)13-5-14-9-26(10-15(14)6-13)17-8-20(25)22(28-11-17)18-7-16(23)3-4-19(18)24;1-26-19(25)24-8-11-6-23(7-12(11)9-24)14-5-17(22)18(27-10-14)15-4-13(20)2-3-16(15)21/h6-8,15,19,22-23H,1-5,9-14,27H2;5-7,14,18,21-22H,1-4,8-13,26H2;3-4,7,12-13,17,20,22H,5-6,8-11,25H2,1-2H3;2-4,14,17-18H,5-10,22H2,1H3/t19-,22+,23-;18-,21+,22-;17-,20+,22-;14-,17+,18-/m1111/s1. The van der Waals surface area contributed by atoms with Crippen LogP contribution in [0.1, 0.15) is 157 Å². The van der Waals surface area contributed by atoms with Crippen molar-refractivity contribution in [3.05, 3.63) is 186 Å². The van der Waals surface area contributed by atoms with E-state index in [9.17, 15) is 54.3 Å². The second-order valence-electron chi connectivity index (χ2n) is 35.0. The number of benzene rings is 4. The minimum absolute atomic E-state index is 0.0889. The number of nitrogens with zero attached hydrogens (tertiary/aromatic N) is 7. The highest BCUT2D eigenvalue weighted by atomic mass is 19.2. The fourth-order valence-corrected chi connectivity index (χ4v) is 20.6. The molecule has 0 aromatic heterocycles. The predicted octanol–water partition coefficient (Wildman–Crippen LogP) is 11.1. The molecule has 628 valence electrons. The molecule has 6 fully saturated rings. The van der Waals surface area contributed by atoms with Gasteiger partial charge in [-0.2, -0.15) is 0 Å². The highest BCUT2D eigenvalue weighted by Crippen LogP contribution is 2.44. The van der Waals surface area contributed by atoms with Gasteiger partial charge >= 0.3 is 6.09 Å². The minimum Gasteiger partial charge on any atom is -0.453 e. The second-order valence-corrected chi connectivity index (χ2v) is 35.0. The smallest absolute Gasteiger partial charge is 0.410 e. The maximum atomic E-state index is 14.2. The van der Waals surface area contributed by atoms with E-state index in [2.05, 4.69) is 19.6 Å². The molecule has 4 aromatic carbocycles. The first-order chi connectivity index (χ1) is 55.8. The molecule has 4 saturated heterocycles. The Bertz CT molecular complexity index is 4370. The summed E-state index contributed by atoms with van der Waals surface area (Å²) in [6.45, 7) is 16.5. The number of Topliss-reactive ketones (excluding diaryl/α,β-unsaturated/α-hetero) is 1. The van der Waals surface area contributed by atoms with Gasteiger partial charge in [-0.25, -0.2) is 39.9 Å². The van der Waals surface area contributed by atoms with Gasteiger partial charge in [-0.15, -0.1) is 0 Å². The first-order valence-electron chi connectivity index (χ1n) is 41.8. The average molecular weight is 1620 g/mol. The average Bonchev–Trinajstić information content (AvgIpc) is 1.59. The van der Waals surface area contributed by atoms with Crippen molar-refractivity contribution in [2.75, 3.05) is 125 Å². The zero-order chi connectivity index (χ0) is 81.5. The van der Waals surface area contributed by atoms with Crippen molar-refractivity contribution in [1.29, 1.82) is 0 Å². The maximum Gasteiger partial charge on any atom is 0.410 e. The summed E-state index contributed by atoms with van der Waals surface area (Å²) >= 11 is 0. The Labute approximate surface area is 673 Å². The van der Waals surface area contributed by atoms with Gasteiger partial charge in [-0.1, -0.05) is 57.1 Å². The number of carbonyl (C=O) groups is 4. The van der Waals surface area contributed by atoms with Gasteiger partial charge in [0.1, 0.15) is 76.7 Å². The molecular weight excluding hydrogens is 1510 g/mol. The first-order valence-corrected chi connectivity index (χ1v) is 41.8. The molecule has 18 rings (SSSR count). The van der Waals surface area contributed by atoms with Crippen LogP contribution >= 0.6 is 0 Å². The van der Waals surface area contributed by atoms with Gasteiger partial charge in [0.15, 0.2) is 0 Å². The summed E-state index contributed by atoms with van der Waals surface area (Å²) in [5, 5.41) is 0. The van der Waals surface area contributed by atoms with Crippen molar-refractivity contribution in [3.8, 4) is 0 Å². The van der Waals surface area contributed by atoms with E-state index in [-0.39, 0.29) is 82.2 Å². The van der Waals surface area contributed by atoms with E-state index in [4.69, 9.17) is 46.6 Å². The van der Waals surface area contributed by atoms with E-state index in [1.165, 1.54) is 102 Å². The van der Waals surface area contributed by atoms with Gasteiger partial charge in [0.25, 0.3) is 0 Å². The Morgan fingerprint density at radius 1 is 0.362 bits per heavy atom. The third-order valence-electron chi connectivity index (χ3n) is 26.8. The molecule has 11 aliphatic heterocycles. The fraction of sp³-hybridized carbons (Fsp3) is 0.591. The lowest BCUT2D eigenvalue weighted by Crippen LogP contribution is -2.49. The summed E-state index contributed by atoms with van der Waals surface area (Å²) in [7, 11) is 1.39. The van der Waals surface area contributed by atoms with E-state index in [1.807, 2.05) is 23.6 Å². The molecule has 11 heterocycles. The van der Waals surface area contributed by atoms with Crippen LogP contribution in [0, 0.1) is 70.2 Å². The predicted molar refractivity (Wildman–Crippen MR) is 418 cm³/mol. The van der Waals surface area contributed by atoms with Crippen LogP contribution in [0.2, 0.25) is 0 Å². The van der Waals surface area contributed by atoms with Crippen molar-refractivity contribution < 1.29 is 78.0 Å². The van der Waals surface area contributed by atoms with Crippen LogP contribution in [0.3, 0.4) is 0 Å². The molecule has 116 heavy (non-hydrogen) atoms. The molecule has 0 unspecified atom stereocenters. The fourth-order valence-electron chi connectivity index (χ4n) is 20.6. The largest absolute Gasteiger partial charge is 0.453 e. The van der Waals surface area contributed by atoms with Crippen molar-refractivity contribution in [2.24, 2.45) is 46.6 Å². The number of nitrogens with two attached hydrogens (primary N) is 4. The Balaban J connectivity index is 0.000000122. The summed E-state index contributed by atoms with van der Waals surface area (Å²) in [5.41, 5.74) is 36.7. The number of methoxy groups -OCH3 is 1. The van der Waals surface area contributed by atoms with Crippen molar-refractivity contribution in [1.82, 2.24) is 34.3 Å². The summed E-state index contributed by atoms with van der Waals surface area (Å²) in [4.78, 5) is 64.7. The molecule has 28 heteroatoms. The second kappa shape index (κ2) is 36.3. The third kappa shape index (κ3) is 18.5. The summed E-state index contributed by atoms with van der Waals surface area (Å²) in [6, 6.07) is 12.6. The molecular formula is C88H111F8N11O9. The molecule has 12 atom stereocenters. The summed E-state index contributed by atoms with van der Waals surface area (Å²) in [5.74, 6) is -2.19. The Hall–Kier alpha value is -7.32. The number of likely N-dealkylation sites (tertiary alicyclic amines) is 1. The number of ketones is 1.